The van der Waals surface area contributed by atoms with E-state index in [0.29, 0.717) is 6.54 Å². The fourth-order valence-corrected chi connectivity index (χ4v) is 4.45. The largest absolute Gasteiger partial charge is 0.326 e. The van der Waals surface area contributed by atoms with Gasteiger partial charge < -0.3 is 15.1 Å². The van der Waals surface area contributed by atoms with Crippen molar-refractivity contribution in [2.45, 2.75) is 25.7 Å². The van der Waals surface area contributed by atoms with E-state index in [1.54, 1.807) is 11.3 Å². The molecule has 1 aromatic carbocycles. The number of nitrogens with zero attached hydrogens (tertiary/aromatic N) is 2. The molecule has 0 aliphatic carbocycles. The third-order valence-corrected chi connectivity index (χ3v) is 6.21. The molecule has 2 fully saturated rings. The zero-order chi connectivity index (χ0) is 20.1. The minimum atomic E-state index is -0.170. The molecular weight excluding hydrogens is 382 g/mol. The normalized spacial score (nSPS) is 18.8. The van der Waals surface area contributed by atoms with Gasteiger partial charge in [0.2, 0.25) is 5.91 Å². The summed E-state index contributed by atoms with van der Waals surface area (Å²) in [5.74, 6) is 6.09. The maximum Gasteiger partial charge on any atom is 0.320 e. The molecule has 0 radical (unpaired) electrons. The van der Waals surface area contributed by atoms with Gasteiger partial charge in [0, 0.05) is 37.4 Å². The molecule has 3 heterocycles. The van der Waals surface area contributed by atoms with Crippen molar-refractivity contribution in [3.63, 3.8) is 0 Å². The summed E-state index contributed by atoms with van der Waals surface area (Å²) >= 11 is 1.61. The number of rotatable bonds is 2. The first-order valence-corrected chi connectivity index (χ1v) is 11.1. The lowest BCUT2D eigenvalue weighted by molar-refractivity contribution is -0.121. The van der Waals surface area contributed by atoms with Crippen molar-refractivity contribution in [2.24, 2.45) is 5.92 Å². The van der Waals surface area contributed by atoms with Gasteiger partial charge in [0.25, 0.3) is 0 Å². The Bertz CT molecular complexity index is 923. The van der Waals surface area contributed by atoms with Crippen LogP contribution in [-0.2, 0) is 4.79 Å². The molecule has 1 atom stereocenters. The standard InChI is InChI=1S/C23H25N3O2S/c27-22(19-7-4-14-26(17-19)23(28)25-12-1-2-13-25)24-20-8-3-6-18(16-20)10-11-21-9-5-15-29-21/h3,5-6,8-9,15-16,19H,1-2,4,7,12-14,17H2,(H,24,27)/t19-/m0/s1. The Hall–Kier alpha value is -2.78. The predicted molar refractivity (Wildman–Crippen MR) is 116 cm³/mol. The minimum Gasteiger partial charge on any atom is -0.326 e. The second-order valence-electron chi connectivity index (χ2n) is 7.56. The fraction of sp³-hybridized carbons (Fsp3) is 0.391. The van der Waals surface area contributed by atoms with Crippen molar-refractivity contribution in [3.8, 4) is 11.8 Å². The summed E-state index contributed by atoms with van der Waals surface area (Å²) in [6.45, 7) is 2.92. The Labute approximate surface area is 175 Å². The first-order valence-electron chi connectivity index (χ1n) is 10.2. The van der Waals surface area contributed by atoms with Gasteiger partial charge in [0.15, 0.2) is 0 Å². The first kappa shape index (κ1) is 19.5. The van der Waals surface area contributed by atoms with Crippen molar-refractivity contribution >= 4 is 29.0 Å². The predicted octanol–water partition coefficient (Wildman–Crippen LogP) is 4.01. The Morgan fingerprint density at radius 1 is 1.00 bits per heavy atom. The van der Waals surface area contributed by atoms with Gasteiger partial charge in [0.05, 0.1) is 10.8 Å². The monoisotopic (exact) mass is 407 g/mol. The summed E-state index contributed by atoms with van der Waals surface area (Å²) in [6, 6.07) is 11.7. The van der Waals surface area contributed by atoms with Crippen molar-refractivity contribution in [2.75, 3.05) is 31.5 Å². The van der Waals surface area contributed by atoms with E-state index in [1.807, 2.05) is 51.6 Å². The summed E-state index contributed by atoms with van der Waals surface area (Å²) in [5, 5.41) is 5.02. The number of carbonyl (C=O) groups is 2. The van der Waals surface area contributed by atoms with Crippen LogP contribution in [0.1, 0.15) is 36.1 Å². The Morgan fingerprint density at radius 3 is 2.62 bits per heavy atom. The maximum atomic E-state index is 12.8. The highest BCUT2D eigenvalue weighted by molar-refractivity contribution is 7.10. The quantitative estimate of drug-likeness (QED) is 0.765. The van der Waals surface area contributed by atoms with Crippen LogP contribution in [0, 0.1) is 17.8 Å². The third kappa shape index (κ3) is 4.99. The molecule has 150 valence electrons. The van der Waals surface area contributed by atoms with E-state index in [1.165, 1.54) is 0 Å². The van der Waals surface area contributed by atoms with Crippen LogP contribution in [0.25, 0.3) is 0 Å². The lowest BCUT2D eigenvalue weighted by Crippen LogP contribution is -2.48. The molecule has 4 rings (SSSR count). The highest BCUT2D eigenvalue weighted by atomic mass is 32.1. The third-order valence-electron chi connectivity index (χ3n) is 5.42. The van der Waals surface area contributed by atoms with Gasteiger partial charge in [-0.1, -0.05) is 24.0 Å². The number of urea groups is 1. The second-order valence-corrected chi connectivity index (χ2v) is 8.51. The van der Waals surface area contributed by atoms with Crippen LogP contribution in [0.2, 0.25) is 0 Å². The molecule has 0 unspecified atom stereocenters. The average Bonchev–Trinajstić information content (AvgIpc) is 3.46. The van der Waals surface area contributed by atoms with E-state index in [4.69, 9.17) is 0 Å². The highest BCUT2D eigenvalue weighted by Crippen LogP contribution is 2.21. The van der Waals surface area contributed by atoms with Gasteiger partial charge in [-0.3, -0.25) is 4.79 Å². The van der Waals surface area contributed by atoms with Crippen molar-refractivity contribution in [1.82, 2.24) is 9.80 Å². The van der Waals surface area contributed by atoms with E-state index in [9.17, 15) is 9.59 Å². The average molecular weight is 408 g/mol. The molecule has 0 saturated carbocycles. The summed E-state index contributed by atoms with van der Waals surface area (Å²) in [4.78, 5) is 30.2. The number of hydrogen-bond donors (Lipinski definition) is 1. The summed E-state index contributed by atoms with van der Waals surface area (Å²) < 4.78 is 0. The van der Waals surface area contributed by atoms with Crippen molar-refractivity contribution < 1.29 is 9.59 Å². The molecule has 2 aliphatic heterocycles. The zero-order valence-electron chi connectivity index (χ0n) is 16.4. The van der Waals surface area contributed by atoms with Crippen LogP contribution in [0.3, 0.4) is 0 Å². The lowest BCUT2D eigenvalue weighted by atomic mass is 9.97. The Balaban J connectivity index is 1.37. The number of carbonyl (C=O) groups excluding carboxylic acids is 2. The second kappa shape index (κ2) is 9.15. The Morgan fingerprint density at radius 2 is 1.83 bits per heavy atom. The SMILES string of the molecule is O=C(Nc1cccc(C#Cc2cccs2)c1)[C@H]1CCCN(C(=O)N2CCCC2)C1. The lowest BCUT2D eigenvalue weighted by Gasteiger charge is -2.34. The zero-order valence-corrected chi connectivity index (χ0v) is 17.2. The van der Waals surface area contributed by atoms with Crippen LogP contribution >= 0.6 is 11.3 Å². The molecule has 3 amide bonds. The number of likely N-dealkylation sites (tertiary alicyclic amines) is 2. The molecule has 2 saturated heterocycles. The van der Waals surface area contributed by atoms with E-state index in [0.717, 1.165) is 61.4 Å². The first-order chi connectivity index (χ1) is 14.2. The molecular formula is C23H25N3O2S. The highest BCUT2D eigenvalue weighted by Gasteiger charge is 2.31. The minimum absolute atomic E-state index is 0.0210. The summed E-state index contributed by atoms with van der Waals surface area (Å²) in [6.07, 6.45) is 3.84. The molecule has 5 nitrogen and oxygen atoms in total. The fourth-order valence-electron chi connectivity index (χ4n) is 3.88. The van der Waals surface area contributed by atoms with Gasteiger partial charge in [-0.25, -0.2) is 4.79 Å². The molecule has 0 bridgehead atoms. The van der Waals surface area contributed by atoms with Crippen LogP contribution in [0.15, 0.2) is 41.8 Å². The van der Waals surface area contributed by atoms with E-state index in [2.05, 4.69) is 17.2 Å². The van der Waals surface area contributed by atoms with Gasteiger partial charge >= 0.3 is 6.03 Å². The van der Waals surface area contributed by atoms with Gasteiger partial charge in [0.1, 0.15) is 0 Å². The van der Waals surface area contributed by atoms with Crippen LogP contribution in [0.5, 0.6) is 0 Å². The summed E-state index contributed by atoms with van der Waals surface area (Å²) in [7, 11) is 0. The van der Waals surface area contributed by atoms with E-state index < -0.39 is 0 Å². The van der Waals surface area contributed by atoms with E-state index in [-0.39, 0.29) is 17.9 Å². The summed E-state index contributed by atoms with van der Waals surface area (Å²) in [5.41, 5.74) is 1.61. The van der Waals surface area contributed by atoms with Crippen LogP contribution in [0.4, 0.5) is 10.5 Å². The number of hydrogen-bond acceptors (Lipinski definition) is 3. The van der Waals surface area contributed by atoms with Crippen molar-refractivity contribution in [3.05, 3.63) is 52.2 Å². The number of nitrogens with one attached hydrogen (secondary N) is 1. The van der Waals surface area contributed by atoms with E-state index >= 15 is 0 Å². The van der Waals surface area contributed by atoms with Crippen LogP contribution < -0.4 is 5.32 Å². The molecule has 1 N–H and O–H groups in total. The molecule has 1 aromatic heterocycles. The van der Waals surface area contributed by atoms with Gasteiger partial charge in [-0.15, -0.1) is 11.3 Å². The van der Waals surface area contributed by atoms with Crippen LogP contribution in [-0.4, -0.2) is 47.9 Å². The Kier molecular flexibility index (Phi) is 6.16. The number of benzene rings is 1. The number of amides is 3. The number of thiophene rings is 1. The van der Waals surface area contributed by atoms with Gasteiger partial charge in [-0.05, 0) is 55.3 Å². The molecule has 2 aromatic rings. The molecule has 6 heteroatoms. The van der Waals surface area contributed by atoms with Gasteiger partial charge in [-0.2, -0.15) is 0 Å². The topological polar surface area (TPSA) is 52.7 Å². The molecule has 0 spiro atoms. The maximum absolute atomic E-state index is 12.8. The number of piperidine rings is 1. The smallest absolute Gasteiger partial charge is 0.320 e. The molecule has 29 heavy (non-hydrogen) atoms. The number of anilines is 1. The van der Waals surface area contributed by atoms with Crippen molar-refractivity contribution in [1.29, 1.82) is 0 Å². The molecule has 2 aliphatic rings.